The number of carbonyl (C=O) groups excluding carboxylic acids is 4. The summed E-state index contributed by atoms with van der Waals surface area (Å²) < 4.78 is 20.8. The van der Waals surface area contributed by atoms with E-state index in [1.807, 2.05) is 0 Å². The van der Waals surface area contributed by atoms with Crippen LogP contribution in [0.3, 0.4) is 0 Å². The summed E-state index contributed by atoms with van der Waals surface area (Å²) in [5.74, 6) is -2.40. The van der Waals surface area contributed by atoms with E-state index < -0.39 is 35.3 Å². The molecule has 4 N–H and O–H groups in total. The van der Waals surface area contributed by atoms with Gasteiger partial charge < -0.3 is 30.4 Å². The van der Waals surface area contributed by atoms with Gasteiger partial charge in [0, 0.05) is 29.1 Å². The topological polar surface area (TPSA) is 169 Å². The fourth-order valence-corrected chi connectivity index (χ4v) is 4.67. The maximum Gasteiger partial charge on any atom is 0.340 e. The lowest BCUT2D eigenvalue weighted by molar-refractivity contribution is -0.157. The van der Waals surface area contributed by atoms with Crippen molar-refractivity contribution in [1.29, 1.82) is 0 Å². The Morgan fingerprint density at radius 2 is 1.95 bits per heavy atom. The van der Waals surface area contributed by atoms with E-state index in [4.69, 9.17) is 4.74 Å². The van der Waals surface area contributed by atoms with E-state index >= 15 is 0 Å². The van der Waals surface area contributed by atoms with E-state index in [9.17, 15) is 33.5 Å². The van der Waals surface area contributed by atoms with Gasteiger partial charge in [0.05, 0.1) is 42.1 Å². The average molecular weight is 523 g/mol. The number of halogens is 1. The fourth-order valence-electron chi connectivity index (χ4n) is 4.67. The maximum absolute atomic E-state index is 14.5. The van der Waals surface area contributed by atoms with Gasteiger partial charge >= 0.3 is 5.97 Å². The number of aliphatic hydroxyl groups is 1. The van der Waals surface area contributed by atoms with Gasteiger partial charge in [-0.05, 0) is 30.2 Å². The standard InChI is InChI=1S/C25H22FN5O7/c1-11-2-12-14(5-28-21(34)7-29-20(33)6-27-10-32)15-8-31-19(22(15)30-18(12)4-17(11)26)3-13-16(24(31)36)9-38-25(37)23(13)35/h2-4,10,23,35H,5-9H2,1H3,(H,27,32)(H,28,34)(H,29,33)/t23-/m0/s1. The SMILES string of the molecule is Cc1cc2c(CNC(=O)CNC(=O)CNC=O)c3c(nc2cc1F)-c1cc2c(c(=O)n1C3)COC(=O)[C@H]2O. The minimum Gasteiger partial charge on any atom is -0.458 e. The summed E-state index contributed by atoms with van der Waals surface area (Å²) in [5, 5.41) is 18.2. The number of pyridine rings is 2. The number of nitrogens with one attached hydrogen (secondary N) is 3. The smallest absolute Gasteiger partial charge is 0.340 e. The Balaban J connectivity index is 1.53. The Morgan fingerprint density at radius 1 is 1.18 bits per heavy atom. The zero-order valence-electron chi connectivity index (χ0n) is 20.1. The summed E-state index contributed by atoms with van der Waals surface area (Å²) in [7, 11) is 0. The fraction of sp³-hybridized carbons (Fsp3) is 0.280. The molecule has 0 radical (unpaired) electrons. The molecule has 12 nitrogen and oxygen atoms in total. The minimum absolute atomic E-state index is 0.0135. The zero-order chi connectivity index (χ0) is 27.1. The van der Waals surface area contributed by atoms with Crippen molar-refractivity contribution >= 4 is 35.1 Å². The van der Waals surface area contributed by atoms with Crippen molar-refractivity contribution in [3.63, 3.8) is 0 Å². The second-order valence-corrected chi connectivity index (χ2v) is 8.95. The second-order valence-electron chi connectivity index (χ2n) is 8.95. The van der Waals surface area contributed by atoms with E-state index in [0.717, 1.165) is 0 Å². The monoisotopic (exact) mass is 523 g/mol. The molecule has 2 aliphatic rings. The number of amides is 3. The molecule has 0 unspecified atom stereocenters. The summed E-state index contributed by atoms with van der Waals surface area (Å²) in [6, 6.07) is 4.39. The third-order valence-electron chi connectivity index (χ3n) is 6.61. The number of aromatic nitrogens is 2. The third kappa shape index (κ3) is 4.26. The lowest BCUT2D eigenvalue weighted by Crippen LogP contribution is -2.40. The second kappa shape index (κ2) is 9.67. The summed E-state index contributed by atoms with van der Waals surface area (Å²) >= 11 is 0. The minimum atomic E-state index is -1.61. The van der Waals surface area contributed by atoms with E-state index in [2.05, 4.69) is 20.9 Å². The Morgan fingerprint density at radius 3 is 2.71 bits per heavy atom. The molecule has 0 saturated carbocycles. The zero-order valence-corrected chi connectivity index (χ0v) is 20.1. The molecule has 0 fully saturated rings. The number of aliphatic hydroxyl groups excluding tert-OH is 1. The summed E-state index contributed by atoms with van der Waals surface area (Å²) in [5.41, 5.74) is 2.44. The van der Waals surface area contributed by atoms with Gasteiger partial charge in [0.1, 0.15) is 12.4 Å². The first-order valence-corrected chi connectivity index (χ1v) is 11.6. The predicted octanol–water partition coefficient (Wildman–Crippen LogP) is -0.559. The number of carbonyl (C=O) groups is 4. The van der Waals surface area contributed by atoms with E-state index in [1.165, 1.54) is 16.7 Å². The molecular formula is C25H22FN5O7. The third-order valence-corrected chi connectivity index (χ3v) is 6.61. The molecule has 5 rings (SSSR count). The van der Waals surface area contributed by atoms with Crippen LogP contribution in [0.15, 0.2) is 23.0 Å². The normalized spacial score (nSPS) is 15.2. The lowest BCUT2D eigenvalue weighted by atomic mass is 9.97. The summed E-state index contributed by atoms with van der Waals surface area (Å²) in [4.78, 5) is 64.2. The van der Waals surface area contributed by atoms with E-state index in [0.29, 0.717) is 45.4 Å². The van der Waals surface area contributed by atoms with Crippen LogP contribution in [0.25, 0.3) is 22.3 Å². The highest BCUT2D eigenvalue weighted by Crippen LogP contribution is 2.38. The van der Waals surface area contributed by atoms with Crippen LogP contribution in [0, 0.1) is 12.7 Å². The highest BCUT2D eigenvalue weighted by molar-refractivity contribution is 5.90. The van der Waals surface area contributed by atoms with Gasteiger partial charge in [-0.2, -0.15) is 0 Å². The van der Waals surface area contributed by atoms with Gasteiger partial charge in [-0.15, -0.1) is 0 Å². The Labute approximate surface area is 213 Å². The van der Waals surface area contributed by atoms with Crippen LogP contribution < -0.4 is 21.5 Å². The first kappa shape index (κ1) is 25.0. The molecule has 4 heterocycles. The first-order chi connectivity index (χ1) is 18.2. The highest BCUT2D eigenvalue weighted by Gasteiger charge is 2.34. The van der Waals surface area contributed by atoms with Crippen LogP contribution >= 0.6 is 0 Å². The molecule has 3 amide bonds. The molecule has 0 spiro atoms. The van der Waals surface area contributed by atoms with Gasteiger partial charge in [0.15, 0.2) is 6.10 Å². The Hall–Kier alpha value is -4.65. The van der Waals surface area contributed by atoms with E-state index in [-0.39, 0.29) is 43.9 Å². The van der Waals surface area contributed by atoms with Gasteiger partial charge in [-0.25, -0.2) is 14.2 Å². The predicted molar refractivity (Wildman–Crippen MR) is 129 cm³/mol. The van der Waals surface area contributed by atoms with Crippen molar-refractivity contribution < 1.29 is 33.4 Å². The molecule has 3 aromatic rings. The Bertz CT molecular complexity index is 1600. The van der Waals surface area contributed by atoms with Crippen molar-refractivity contribution in [2.75, 3.05) is 13.1 Å². The molecular weight excluding hydrogens is 501 g/mol. The number of nitrogens with zero attached hydrogens (tertiary/aromatic N) is 2. The molecule has 0 saturated heterocycles. The molecule has 38 heavy (non-hydrogen) atoms. The quantitative estimate of drug-likeness (QED) is 0.185. The number of cyclic esters (lactones) is 1. The molecule has 1 atom stereocenters. The van der Waals surface area contributed by atoms with Crippen LogP contribution in [0.4, 0.5) is 4.39 Å². The van der Waals surface area contributed by atoms with Crippen LogP contribution in [-0.2, 0) is 43.6 Å². The van der Waals surface area contributed by atoms with Gasteiger partial charge in [0.2, 0.25) is 18.2 Å². The summed E-state index contributed by atoms with van der Waals surface area (Å²) in [6.45, 7) is 0.805. The average Bonchev–Trinajstić information content (AvgIpc) is 3.26. The Kier molecular flexibility index (Phi) is 6.36. The molecule has 1 aromatic carbocycles. The number of hydrogen-bond donors (Lipinski definition) is 4. The number of ether oxygens (including phenoxy) is 1. The number of rotatable bonds is 7. The van der Waals surface area contributed by atoms with Gasteiger partial charge in [-0.1, -0.05) is 0 Å². The van der Waals surface area contributed by atoms with Gasteiger partial charge in [0.25, 0.3) is 5.56 Å². The first-order valence-electron chi connectivity index (χ1n) is 11.6. The van der Waals surface area contributed by atoms with Crippen LogP contribution in [0.1, 0.15) is 33.9 Å². The van der Waals surface area contributed by atoms with Crippen molar-refractivity contribution in [2.45, 2.75) is 32.7 Å². The molecule has 0 bridgehead atoms. The van der Waals surface area contributed by atoms with Crippen LogP contribution in [0.5, 0.6) is 0 Å². The number of benzene rings is 1. The number of esters is 1. The lowest BCUT2D eigenvalue weighted by Gasteiger charge is -2.21. The van der Waals surface area contributed by atoms with Crippen LogP contribution in [0.2, 0.25) is 0 Å². The molecule has 13 heteroatoms. The molecule has 2 aromatic heterocycles. The number of fused-ring (bicyclic) bond motifs is 5. The van der Waals surface area contributed by atoms with Crippen LogP contribution in [-0.4, -0.2) is 51.9 Å². The summed E-state index contributed by atoms with van der Waals surface area (Å²) in [6.07, 6.45) is -1.25. The maximum atomic E-state index is 14.5. The largest absolute Gasteiger partial charge is 0.458 e. The van der Waals surface area contributed by atoms with Crippen molar-refractivity contribution in [3.05, 3.63) is 62.2 Å². The van der Waals surface area contributed by atoms with Crippen molar-refractivity contribution in [1.82, 2.24) is 25.5 Å². The number of hydrogen-bond acceptors (Lipinski definition) is 8. The molecule has 196 valence electrons. The van der Waals surface area contributed by atoms with E-state index in [1.54, 1.807) is 13.0 Å². The molecule has 2 aliphatic heterocycles. The van der Waals surface area contributed by atoms with Crippen molar-refractivity contribution in [3.8, 4) is 11.4 Å². The number of aryl methyl sites for hydroxylation is 1. The molecule has 0 aliphatic carbocycles. The van der Waals surface area contributed by atoms with Gasteiger partial charge in [-0.3, -0.25) is 19.2 Å². The highest BCUT2D eigenvalue weighted by atomic mass is 19.1. The van der Waals surface area contributed by atoms with Crippen molar-refractivity contribution in [2.24, 2.45) is 0 Å².